The first kappa shape index (κ1) is 20.0. The minimum atomic E-state index is -0.325. The van der Waals surface area contributed by atoms with E-state index in [1.165, 1.54) is 11.1 Å². The van der Waals surface area contributed by atoms with Crippen molar-refractivity contribution >= 4 is 17.8 Å². The van der Waals surface area contributed by atoms with Crippen molar-refractivity contribution in [2.24, 2.45) is 0 Å². The first-order valence-electron chi connectivity index (χ1n) is 10.8. The zero-order chi connectivity index (χ0) is 21.7. The van der Waals surface area contributed by atoms with Crippen LogP contribution in [0.5, 0.6) is 0 Å². The van der Waals surface area contributed by atoms with Crippen LogP contribution < -0.4 is 0 Å². The van der Waals surface area contributed by atoms with Gasteiger partial charge in [-0.25, -0.2) is 9.59 Å². The highest BCUT2D eigenvalue weighted by molar-refractivity contribution is 6.00. The van der Waals surface area contributed by atoms with Gasteiger partial charge in [0.25, 0.3) is 5.91 Å². The van der Waals surface area contributed by atoms with Crippen molar-refractivity contribution in [2.45, 2.75) is 39.7 Å². The summed E-state index contributed by atoms with van der Waals surface area (Å²) in [6.45, 7) is 7.61. The Hall–Kier alpha value is -2.93. The van der Waals surface area contributed by atoms with Crippen molar-refractivity contribution in [3.8, 4) is 0 Å². The van der Waals surface area contributed by atoms with Crippen LogP contribution in [0.1, 0.15) is 46.8 Å². The van der Waals surface area contributed by atoms with Gasteiger partial charge in [0.2, 0.25) is 0 Å². The van der Waals surface area contributed by atoms with Gasteiger partial charge in [-0.1, -0.05) is 6.07 Å². The number of esters is 2. The summed E-state index contributed by atoms with van der Waals surface area (Å²) in [6, 6.07) is 3.92. The summed E-state index contributed by atoms with van der Waals surface area (Å²) in [5, 5.41) is 0. The summed E-state index contributed by atoms with van der Waals surface area (Å²) in [5.41, 5.74) is 7.48. The van der Waals surface area contributed by atoms with Crippen LogP contribution in [-0.2, 0) is 32.1 Å². The molecule has 0 fully saturated rings. The second-order valence-electron chi connectivity index (χ2n) is 8.66. The number of benzene rings is 1. The molecule has 0 N–H and O–H groups in total. The van der Waals surface area contributed by atoms with Crippen LogP contribution in [0.25, 0.3) is 0 Å². The molecule has 0 saturated carbocycles. The number of rotatable bonds is 4. The summed E-state index contributed by atoms with van der Waals surface area (Å²) >= 11 is 0. The van der Waals surface area contributed by atoms with Gasteiger partial charge < -0.3 is 19.3 Å². The minimum absolute atomic E-state index is 0.0311. The summed E-state index contributed by atoms with van der Waals surface area (Å²) in [7, 11) is 0. The Bertz CT molecular complexity index is 1070. The highest BCUT2D eigenvalue weighted by Crippen LogP contribution is 2.33. The quantitative estimate of drug-likeness (QED) is 0.693. The van der Waals surface area contributed by atoms with Gasteiger partial charge in [0.15, 0.2) is 0 Å². The average Bonchev–Trinajstić information content (AvgIpc) is 3.34. The molecule has 0 aliphatic carbocycles. The van der Waals surface area contributed by atoms with Crippen LogP contribution >= 0.6 is 0 Å². The third kappa shape index (κ3) is 3.37. The van der Waals surface area contributed by atoms with E-state index in [0.717, 1.165) is 61.3 Å². The molecule has 7 nitrogen and oxygen atoms in total. The van der Waals surface area contributed by atoms with Gasteiger partial charge in [-0.3, -0.25) is 4.79 Å². The fourth-order valence-corrected chi connectivity index (χ4v) is 5.00. The highest BCUT2D eigenvalue weighted by Gasteiger charge is 2.37. The van der Waals surface area contributed by atoms with Gasteiger partial charge >= 0.3 is 11.9 Å². The van der Waals surface area contributed by atoms with Gasteiger partial charge in [0.1, 0.15) is 13.2 Å². The van der Waals surface area contributed by atoms with Crippen molar-refractivity contribution in [3.05, 3.63) is 56.8 Å². The molecular weight excluding hydrogens is 396 g/mol. The Balaban J connectivity index is 1.21. The maximum Gasteiger partial charge on any atom is 0.338 e. The number of hydrogen-bond donors (Lipinski definition) is 0. The first-order valence-corrected chi connectivity index (χ1v) is 10.8. The molecule has 4 aliphatic rings. The molecule has 1 aromatic carbocycles. The average molecular weight is 422 g/mol. The Labute approximate surface area is 181 Å². The molecule has 0 saturated heterocycles. The van der Waals surface area contributed by atoms with Crippen molar-refractivity contribution in [1.82, 2.24) is 9.80 Å². The van der Waals surface area contributed by atoms with Crippen molar-refractivity contribution in [3.63, 3.8) is 0 Å². The molecule has 162 valence electrons. The van der Waals surface area contributed by atoms with Crippen LogP contribution in [0.4, 0.5) is 0 Å². The molecule has 0 spiro atoms. The molecule has 0 bridgehead atoms. The standard InChI is InChI=1S/C24H26N2O5/c1-14-16(3-4-19-20(14)12-30-24(19)29)5-8-25-9-6-17-11-26(22(27)18(17)7-10-25)21-13-31-23(28)15(21)2/h3-4H,5-13H2,1-2H3. The van der Waals surface area contributed by atoms with Crippen LogP contribution in [0.2, 0.25) is 0 Å². The van der Waals surface area contributed by atoms with Crippen LogP contribution in [-0.4, -0.2) is 60.4 Å². The van der Waals surface area contributed by atoms with E-state index in [9.17, 15) is 14.4 Å². The van der Waals surface area contributed by atoms with E-state index in [1.54, 1.807) is 11.8 Å². The summed E-state index contributed by atoms with van der Waals surface area (Å²) in [4.78, 5) is 40.6. The topological polar surface area (TPSA) is 76.2 Å². The van der Waals surface area contributed by atoms with Crippen molar-refractivity contribution in [2.75, 3.05) is 32.8 Å². The Morgan fingerprint density at radius 2 is 1.74 bits per heavy atom. The summed E-state index contributed by atoms with van der Waals surface area (Å²) in [5.74, 6) is -0.520. The molecule has 0 radical (unpaired) electrons. The van der Waals surface area contributed by atoms with E-state index in [4.69, 9.17) is 9.47 Å². The summed E-state index contributed by atoms with van der Waals surface area (Å²) in [6.07, 6.45) is 2.51. The third-order valence-corrected chi connectivity index (χ3v) is 7.07. The second-order valence-corrected chi connectivity index (χ2v) is 8.66. The number of cyclic esters (lactones) is 2. The van der Waals surface area contributed by atoms with E-state index >= 15 is 0 Å². The molecule has 1 aromatic rings. The largest absolute Gasteiger partial charge is 0.457 e. The predicted octanol–water partition coefficient (Wildman–Crippen LogP) is 2.27. The molecule has 0 unspecified atom stereocenters. The van der Waals surface area contributed by atoms with E-state index in [-0.39, 0.29) is 24.5 Å². The second kappa shape index (κ2) is 7.64. The number of amides is 1. The maximum absolute atomic E-state index is 13.0. The lowest BCUT2D eigenvalue weighted by molar-refractivity contribution is -0.136. The molecule has 4 heterocycles. The number of fused-ring (bicyclic) bond motifs is 1. The van der Waals surface area contributed by atoms with Gasteiger partial charge in [-0.2, -0.15) is 0 Å². The zero-order valence-electron chi connectivity index (χ0n) is 18.0. The number of nitrogens with zero attached hydrogens (tertiary/aromatic N) is 2. The van der Waals surface area contributed by atoms with Gasteiger partial charge in [-0.15, -0.1) is 0 Å². The monoisotopic (exact) mass is 422 g/mol. The van der Waals surface area contributed by atoms with E-state index in [1.807, 2.05) is 12.1 Å². The van der Waals surface area contributed by atoms with E-state index in [2.05, 4.69) is 11.8 Å². The smallest absolute Gasteiger partial charge is 0.338 e. The number of carbonyl (C=O) groups is 3. The number of ether oxygens (including phenoxy) is 2. The molecule has 7 heteroatoms. The van der Waals surface area contributed by atoms with Crippen molar-refractivity contribution < 1.29 is 23.9 Å². The molecule has 0 aromatic heterocycles. The molecule has 0 atom stereocenters. The van der Waals surface area contributed by atoms with E-state index < -0.39 is 0 Å². The van der Waals surface area contributed by atoms with Crippen LogP contribution in [0.15, 0.2) is 34.5 Å². The van der Waals surface area contributed by atoms with Crippen LogP contribution in [0, 0.1) is 6.92 Å². The molecule has 5 rings (SSSR count). The Morgan fingerprint density at radius 3 is 2.52 bits per heavy atom. The number of carbonyl (C=O) groups excluding carboxylic acids is 3. The zero-order valence-corrected chi connectivity index (χ0v) is 18.0. The minimum Gasteiger partial charge on any atom is -0.457 e. The van der Waals surface area contributed by atoms with E-state index in [0.29, 0.717) is 24.3 Å². The fraction of sp³-hybridized carbons (Fsp3) is 0.458. The van der Waals surface area contributed by atoms with Crippen LogP contribution in [0.3, 0.4) is 0 Å². The Kier molecular flexibility index (Phi) is 4.93. The Morgan fingerprint density at radius 1 is 0.968 bits per heavy atom. The lowest BCUT2D eigenvalue weighted by Gasteiger charge is -2.23. The first-order chi connectivity index (χ1) is 14.9. The molecular formula is C24H26N2O5. The van der Waals surface area contributed by atoms with Crippen molar-refractivity contribution in [1.29, 1.82) is 0 Å². The molecule has 4 aliphatic heterocycles. The molecule has 31 heavy (non-hydrogen) atoms. The predicted molar refractivity (Wildman–Crippen MR) is 112 cm³/mol. The maximum atomic E-state index is 13.0. The lowest BCUT2D eigenvalue weighted by Crippen LogP contribution is -2.32. The number of hydrogen-bond acceptors (Lipinski definition) is 6. The third-order valence-electron chi connectivity index (χ3n) is 7.07. The normalized spacial score (nSPS) is 21.5. The summed E-state index contributed by atoms with van der Waals surface area (Å²) < 4.78 is 10.3. The SMILES string of the molecule is CC1=C(N2CC3=C(CCN(CCc4ccc5c(c4C)COC5=O)CC3)C2=O)COC1=O. The highest BCUT2D eigenvalue weighted by atomic mass is 16.5. The lowest BCUT2D eigenvalue weighted by atomic mass is 9.96. The molecule has 1 amide bonds. The van der Waals surface area contributed by atoms with Gasteiger partial charge in [0.05, 0.1) is 16.8 Å². The van der Waals surface area contributed by atoms with Gasteiger partial charge in [0, 0.05) is 37.3 Å². The fourth-order valence-electron chi connectivity index (χ4n) is 5.00. The van der Waals surface area contributed by atoms with Gasteiger partial charge in [-0.05, 0) is 55.9 Å².